The third-order valence-corrected chi connectivity index (χ3v) is 3.06. The van der Waals surface area contributed by atoms with Crippen LogP contribution in [0.2, 0.25) is 0 Å². The van der Waals surface area contributed by atoms with Crippen molar-refractivity contribution in [3.05, 3.63) is 60.8 Å². The van der Waals surface area contributed by atoms with Crippen LogP contribution in [0, 0.1) is 0 Å². The van der Waals surface area contributed by atoms with Gasteiger partial charge in [0.2, 0.25) is 0 Å². The zero-order chi connectivity index (χ0) is 13.9. The van der Waals surface area contributed by atoms with Gasteiger partial charge in [0.1, 0.15) is 5.75 Å². The molecule has 1 heterocycles. The molecule has 3 aromatic rings. The van der Waals surface area contributed by atoms with Crippen molar-refractivity contribution in [2.45, 2.75) is 0 Å². The molecule has 0 bridgehead atoms. The summed E-state index contributed by atoms with van der Waals surface area (Å²) in [6, 6.07) is 16.9. The van der Waals surface area contributed by atoms with Gasteiger partial charge in [-0.05, 0) is 29.7 Å². The topological polar surface area (TPSA) is 62.6 Å². The molecule has 0 saturated heterocycles. The molecule has 0 amide bonds. The molecule has 0 aliphatic heterocycles. The van der Waals surface area contributed by atoms with Gasteiger partial charge < -0.3 is 14.7 Å². The lowest BCUT2D eigenvalue weighted by molar-refractivity contribution is 0.289. The fourth-order valence-corrected chi connectivity index (χ4v) is 2.23. The Morgan fingerprint density at radius 2 is 1.60 bits per heavy atom. The normalized spacial score (nSPS) is 10.5. The molecule has 0 spiro atoms. The first kappa shape index (κ1) is 12.7. The van der Waals surface area contributed by atoms with Crippen molar-refractivity contribution in [3.8, 4) is 17.0 Å². The van der Waals surface area contributed by atoms with E-state index < -0.39 is 7.32 Å². The minimum absolute atomic E-state index is 0.426. The molecule has 20 heavy (non-hydrogen) atoms. The number of hydrogen-bond acceptors (Lipinski definition) is 4. The Labute approximate surface area is 116 Å². The molecular formula is C15H12BNO3. The molecule has 2 aromatic carbocycles. The average Bonchev–Trinajstić information content (AvgIpc) is 2.48. The Morgan fingerprint density at radius 1 is 0.850 bits per heavy atom. The van der Waals surface area contributed by atoms with Crippen molar-refractivity contribution in [3.63, 3.8) is 0 Å². The lowest BCUT2D eigenvalue weighted by Crippen LogP contribution is -2.20. The highest BCUT2D eigenvalue weighted by Gasteiger charge is 2.15. The second-order valence-electron chi connectivity index (χ2n) is 4.32. The molecule has 0 atom stereocenters. The van der Waals surface area contributed by atoms with Crippen molar-refractivity contribution in [1.29, 1.82) is 0 Å². The zero-order valence-corrected chi connectivity index (χ0v) is 10.6. The van der Waals surface area contributed by atoms with E-state index in [9.17, 15) is 0 Å². The molecule has 0 aliphatic carbocycles. The Hall–Kier alpha value is -2.37. The molecule has 5 heteroatoms. The van der Waals surface area contributed by atoms with Crippen LogP contribution in [0.15, 0.2) is 60.8 Å². The van der Waals surface area contributed by atoms with E-state index in [1.165, 1.54) is 0 Å². The second kappa shape index (κ2) is 5.32. The molecule has 0 radical (unpaired) electrons. The number of rotatable bonds is 3. The molecule has 4 nitrogen and oxygen atoms in total. The summed E-state index contributed by atoms with van der Waals surface area (Å²) in [6.45, 7) is 0. The number of pyridine rings is 1. The Kier molecular flexibility index (Phi) is 3.37. The van der Waals surface area contributed by atoms with E-state index in [1.54, 1.807) is 12.3 Å². The van der Waals surface area contributed by atoms with Crippen LogP contribution >= 0.6 is 0 Å². The van der Waals surface area contributed by atoms with Crippen molar-refractivity contribution < 1.29 is 14.7 Å². The smallest absolute Gasteiger partial charge is 0.512 e. The van der Waals surface area contributed by atoms with E-state index in [1.807, 2.05) is 48.5 Å². The van der Waals surface area contributed by atoms with Crippen LogP contribution in [0.3, 0.4) is 0 Å². The minimum atomic E-state index is -1.83. The van der Waals surface area contributed by atoms with Crippen LogP contribution in [0.5, 0.6) is 5.75 Å². The summed E-state index contributed by atoms with van der Waals surface area (Å²) in [4.78, 5) is 4.35. The molecule has 0 saturated carbocycles. The second-order valence-corrected chi connectivity index (χ2v) is 4.32. The maximum Gasteiger partial charge on any atom is 0.707 e. The van der Waals surface area contributed by atoms with Crippen molar-refractivity contribution in [2.24, 2.45) is 0 Å². The van der Waals surface area contributed by atoms with Crippen LogP contribution in [-0.2, 0) is 0 Å². The summed E-state index contributed by atoms with van der Waals surface area (Å²) >= 11 is 0. The quantitative estimate of drug-likeness (QED) is 0.713. The Balaban J connectivity index is 2.21. The molecule has 1 aromatic heterocycles. The first-order valence-electron chi connectivity index (χ1n) is 6.21. The SMILES string of the molecule is OB(O)Oc1ccc(-c2ccccn2)c2ccccc12. The standard InChI is InChI=1S/C15H12BNO3/c18-16(19)20-15-9-8-12(14-7-3-4-10-17-14)11-5-1-2-6-13(11)15/h1-10,18-19H. The van der Waals surface area contributed by atoms with Gasteiger partial charge in [0.25, 0.3) is 0 Å². The van der Waals surface area contributed by atoms with E-state index in [0.717, 1.165) is 22.0 Å². The Bertz CT molecular complexity index is 732. The van der Waals surface area contributed by atoms with Crippen LogP contribution in [-0.4, -0.2) is 22.4 Å². The van der Waals surface area contributed by atoms with Crippen LogP contribution in [0.4, 0.5) is 0 Å². The molecule has 0 aliphatic rings. The highest BCUT2D eigenvalue weighted by molar-refractivity contribution is 6.34. The molecule has 0 unspecified atom stereocenters. The summed E-state index contributed by atoms with van der Waals surface area (Å²) in [5.74, 6) is 0.426. The predicted octanol–water partition coefficient (Wildman–Crippen LogP) is 2.25. The van der Waals surface area contributed by atoms with Gasteiger partial charge in [-0.2, -0.15) is 0 Å². The van der Waals surface area contributed by atoms with E-state index in [-0.39, 0.29) is 0 Å². The number of nitrogens with zero attached hydrogens (tertiary/aromatic N) is 1. The maximum atomic E-state index is 8.97. The zero-order valence-electron chi connectivity index (χ0n) is 10.6. The molecule has 2 N–H and O–H groups in total. The minimum Gasteiger partial charge on any atom is -0.512 e. The number of hydrogen-bond donors (Lipinski definition) is 2. The molecule has 0 fully saturated rings. The fraction of sp³-hybridized carbons (Fsp3) is 0. The van der Waals surface area contributed by atoms with Gasteiger partial charge in [0, 0.05) is 17.1 Å². The fourth-order valence-electron chi connectivity index (χ4n) is 2.23. The highest BCUT2D eigenvalue weighted by atomic mass is 16.6. The predicted molar refractivity (Wildman–Crippen MR) is 78.0 cm³/mol. The van der Waals surface area contributed by atoms with E-state index in [2.05, 4.69) is 4.98 Å². The van der Waals surface area contributed by atoms with E-state index in [0.29, 0.717) is 5.75 Å². The van der Waals surface area contributed by atoms with Crippen molar-refractivity contribution >= 4 is 18.1 Å². The third-order valence-electron chi connectivity index (χ3n) is 3.06. The monoisotopic (exact) mass is 265 g/mol. The first-order chi connectivity index (χ1) is 9.75. The summed E-state index contributed by atoms with van der Waals surface area (Å²) in [5, 5.41) is 19.7. The van der Waals surface area contributed by atoms with Gasteiger partial charge in [-0.15, -0.1) is 0 Å². The average molecular weight is 265 g/mol. The lowest BCUT2D eigenvalue weighted by Gasteiger charge is -2.12. The highest BCUT2D eigenvalue weighted by Crippen LogP contribution is 2.33. The number of fused-ring (bicyclic) bond motifs is 1. The molecular weight excluding hydrogens is 253 g/mol. The lowest BCUT2D eigenvalue weighted by atomic mass is 10.0. The maximum absolute atomic E-state index is 8.97. The summed E-state index contributed by atoms with van der Waals surface area (Å²) in [6.07, 6.45) is 1.74. The van der Waals surface area contributed by atoms with Gasteiger partial charge >= 0.3 is 7.32 Å². The first-order valence-corrected chi connectivity index (χ1v) is 6.21. The number of benzene rings is 2. The van der Waals surface area contributed by atoms with Crippen LogP contribution in [0.25, 0.3) is 22.0 Å². The largest absolute Gasteiger partial charge is 0.707 e. The number of aromatic nitrogens is 1. The van der Waals surface area contributed by atoms with E-state index in [4.69, 9.17) is 14.7 Å². The van der Waals surface area contributed by atoms with Gasteiger partial charge in [-0.1, -0.05) is 30.3 Å². The Morgan fingerprint density at radius 3 is 2.30 bits per heavy atom. The molecule has 98 valence electrons. The van der Waals surface area contributed by atoms with E-state index >= 15 is 0 Å². The molecule has 3 rings (SSSR count). The summed E-state index contributed by atoms with van der Waals surface area (Å²) < 4.78 is 5.01. The van der Waals surface area contributed by atoms with Gasteiger partial charge in [-0.25, -0.2) is 0 Å². The third kappa shape index (κ3) is 2.36. The summed E-state index contributed by atoms with van der Waals surface area (Å²) in [5.41, 5.74) is 1.83. The summed E-state index contributed by atoms with van der Waals surface area (Å²) in [7, 11) is -1.83. The van der Waals surface area contributed by atoms with Crippen molar-refractivity contribution in [2.75, 3.05) is 0 Å². The van der Waals surface area contributed by atoms with Crippen LogP contribution in [0.1, 0.15) is 0 Å². The van der Waals surface area contributed by atoms with Gasteiger partial charge in [-0.3, -0.25) is 4.98 Å². The van der Waals surface area contributed by atoms with Gasteiger partial charge in [0.05, 0.1) is 5.69 Å². The van der Waals surface area contributed by atoms with Crippen molar-refractivity contribution in [1.82, 2.24) is 4.98 Å². The van der Waals surface area contributed by atoms with Crippen LogP contribution < -0.4 is 4.65 Å². The van der Waals surface area contributed by atoms with Gasteiger partial charge in [0.15, 0.2) is 0 Å².